The number of aliphatic imine (C=N–C) groups is 1. The third-order valence-corrected chi connectivity index (χ3v) is 5.40. The third kappa shape index (κ3) is 8.11. The molecular formula is C17H32IN5S. The molecule has 2 heterocycles. The molecule has 0 aliphatic carbocycles. The normalized spacial score (nSPS) is 15.3. The number of halogens is 1. The highest BCUT2D eigenvalue weighted by Gasteiger charge is 2.10. The lowest BCUT2D eigenvalue weighted by Gasteiger charge is -2.15. The molecule has 0 amide bonds. The quantitative estimate of drug-likeness (QED) is 0.255. The summed E-state index contributed by atoms with van der Waals surface area (Å²) in [5.41, 5.74) is 0. The standard InChI is InChI=1S/C17H31N5S.HI/c1-3-15-14-21-16(23-15)8-10-20-17(18-2)19-9-4-5-11-22-12-6-7-13-22;/h14H,3-13H2,1-2H3,(H2,18,19,20);1H. The van der Waals surface area contributed by atoms with Crippen LogP contribution in [0.5, 0.6) is 0 Å². The topological polar surface area (TPSA) is 52.6 Å². The maximum atomic E-state index is 4.45. The van der Waals surface area contributed by atoms with E-state index in [1.165, 1.54) is 55.2 Å². The second kappa shape index (κ2) is 12.9. The van der Waals surface area contributed by atoms with E-state index in [1.807, 2.05) is 24.6 Å². The van der Waals surface area contributed by atoms with Crippen molar-refractivity contribution in [1.82, 2.24) is 20.5 Å². The Bertz CT molecular complexity index is 471. The van der Waals surface area contributed by atoms with E-state index in [-0.39, 0.29) is 24.0 Å². The Labute approximate surface area is 167 Å². The van der Waals surface area contributed by atoms with Crippen LogP contribution in [0.3, 0.4) is 0 Å². The zero-order valence-corrected chi connectivity index (χ0v) is 18.2. The number of hydrogen-bond acceptors (Lipinski definition) is 4. The van der Waals surface area contributed by atoms with Crippen molar-refractivity contribution < 1.29 is 0 Å². The van der Waals surface area contributed by atoms with Crippen molar-refractivity contribution in [3.63, 3.8) is 0 Å². The van der Waals surface area contributed by atoms with Gasteiger partial charge in [0, 0.05) is 37.6 Å². The number of nitrogens with zero attached hydrogens (tertiary/aromatic N) is 3. The Morgan fingerprint density at radius 2 is 2.00 bits per heavy atom. The molecule has 1 aromatic rings. The predicted octanol–water partition coefficient (Wildman–Crippen LogP) is 2.91. The number of aryl methyl sites for hydroxylation is 1. The van der Waals surface area contributed by atoms with Crippen LogP contribution in [-0.4, -0.2) is 55.6 Å². The van der Waals surface area contributed by atoms with E-state index in [0.717, 1.165) is 31.9 Å². The molecule has 0 aromatic carbocycles. The van der Waals surface area contributed by atoms with Crippen LogP contribution in [0.15, 0.2) is 11.2 Å². The lowest BCUT2D eigenvalue weighted by Crippen LogP contribution is -2.38. The first-order valence-corrected chi connectivity index (χ1v) is 9.74. The molecule has 1 fully saturated rings. The molecule has 0 spiro atoms. The highest BCUT2D eigenvalue weighted by molar-refractivity contribution is 14.0. The molecule has 7 heteroatoms. The monoisotopic (exact) mass is 465 g/mol. The molecule has 24 heavy (non-hydrogen) atoms. The number of thiazole rings is 1. The fourth-order valence-corrected chi connectivity index (χ4v) is 3.67. The van der Waals surface area contributed by atoms with Crippen LogP contribution < -0.4 is 10.6 Å². The molecule has 5 nitrogen and oxygen atoms in total. The Balaban J connectivity index is 0.00000288. The van der Waals surface area contributed by atoms with Gasteiger partial charge < -0.3 is 15.5 Å². The minimum Gasteiger partial charge on any atom is -0.356 e. The Morgan fingerprint density at radius 1 is 1.25 bits per heavy atom. The summed E-state index contributed by atoms with van der Waals surface area (Å²) in [5.74, 6) is 0.901. The van der Waals surface area contributed by atoms with Crippen molar-refractivity contribution in [1.29, 1.82) is 0 Å². The molecule has 2 rings (SSSR count). The average Bonchev–Trinajstić information content (AvgIpc) is 3.24. The van der Waals surface area contributed by atoms with Gasteiger partial charge in [0.05, 0.1) is 5.01 Å². The molecule has 1 aromatic heterocycles. The van der Waals surface area contributed by atoms with E-state index >= 15 is 0 Å². The van der Waals surface area contributed by atoms with Crippen LogP contribution in [-0.2, 0) is 12.8 Å². The van der Waals surface area contributed by atoms with Gasteiger partial charge in [0.2, 0.25) is 0 Å². The predicted molar refractivity (Wildman–Crippen MR) is 115 cm³/mol. The lowest BCUT2D eigenvalue weighted by molar-refractivity contribution is 0.330. The summed E-state index contributed by atoms with van der Waals surface area (Å²) in [6.07, 6.45) is 9.26. The minimum atomic E-state index is 0. The van der Waals surface area contributed by atoms with Gasteiger partial charge in [0.1, 0.15) is 0 Å². The van der Waals surface area contributed by atoms with Crippen LogP contribution >= 0.6 is 35.3 Å². The van der Waals surface area contributed by atoms with E-state index in [9.17, 15) is 0 Å². The molecule has 138 valence electrons. The molecule has 0 unspecified atom stereocenters. The first-order chi connectivity index (χ1) is 11.3. The van der Waals surface area contributed by atoms with Crippen LogP contribution in [0.4, 0.5) is 0 Å². The fourth-order valence-electron chi connectivity index (χ4n) is 2.81. The number of unbranched alkanes of at least 4 members (excludes halogenated alkanes) is 1. The minimum absolute atomic E-state index is 0. The van der Waals surface area contributed by atoms with E-state index in [4.69, 9.17) is 0 Å². The van der Waals surface area contributed by atoms with Gasteiger partial charge in [-0.25, -0.2) is 4.98 Å². The molecule has 1 saturated heterocycles. The van der Waals surface area contributed by atoms with Crippen LogP contribution in [0, 0.1) is 0 Å². The molecule has 1 aliphatic heterocycles. The van der Waals surface area contributed by atoms with Gasteiger partial charge in [-0.1, -0.05) is 6.92 Å². The van der Waals surface area contributed by atoms with E-state index in [2.05, 4.69) is 32.4 Å². The largest absolute Gasteiger partial charge is 0.356 e. The van der Waals surface area contributed by atoms with Crippen LogP contribution in [0.25, 0.3) is 0 Å². The third-order valence-electron chi connectivity index (χ3n) is 4.20. The maximum absolute atomic E-state index is 4.45. The number of nitrogens with one attached hydrogen (secondary N) is 2. The Morgan fingerprint density at radius 3 is 2.67 bits per heavy atom. The smallest absolute Gasteiger partial charge is 0.190 e. The highest BCUT2D eigenvalue weighted by Crippen LogP contribution is 2.13. The van der Waals surface area contributed by atoms with E-state index in [0.29, 0.717) is 0 Å². The van der Waals surface area contributed by atoms with Gasteiger partial charge in [-0.2, -0.15) is 0 Å². The van der Waals surface area contributed by atoms with Crippen molar-refractivity contribution >= 4 is 41.3 Å². The van der Waals surface area contributed by atoms with Gasteiger partial charge in [-0.05, 0) is 51.7 Å². The van der Waals surface area contributed by atoms with Crippen molar-refractivity contribution in [3.8, 4) is 0 Å². The summed E-state index contributed by atoms with van der Waals surface area (Å²) < 4.78 is 0. The molecule has 2 N–H and O–H groups in total. The zero-order chi connectivity index (χ0) is 16.3. The Hall–Kier alpha value is -0.410. The van der Waals surface area contributed by atoms with Crippen molar-refractivity contribution in [2.45, 2.75) is 45.4 Å². The SMILES string of the molecule is CCc1cnc(CCNC(=NC)NCCCCN2CCCC2)s1.I. The summed E-state index contributed by atoms with van der Waals surface area (Å²) in [4.78, 5) is 12.7. The first-order valence-electron chi connectivity index (χ1n) is 8.92. The van der Waals surface area contributed by atoms with Crippen molar-refractivity contribution in [2.24, 2.45) is 4.99 Å². The number of guanidine groups is 1. The molecular weight excluding hydrogens is 433 g/mol. The zero-order valence-electron chi connectivity index (χ0n) is 15.0. The van der Waals surface area contributed by atoms with Crippen LogP contribution in [0.2, 0.25) is 0 Å². The number of rotatable bonds is 9. The van der Waals surface area contributed by atoms with Crippen molar-refractivity contribution in [2.75, 3.05) is 39.8 Å². The van der Waals surface area contributed by atoms with Gasteiger partial charge in [0.25, 0.3) is 0 Å². The van der Waals surface area contributed by atoms with Crippen molar-refractivity contribution in [3.05, 3.63) is 16.1 Å². The average molecular weight is 465 g/mol. The molecule has 1 aliphatic rings. The summed E-state index contributed by atoms with van der Waals surface area (Å²) in [5, 5.41) is 7.98. The second-order valence-electron chi connectivity index (χ2n) is 6.01. The summed E-state index contributed by atoms with van der Waals surface area (Å²) >= 11 is 1.81. The van der Waals surface area contributed by atoms with Gasteiger partial charge in [0.15, 0.2) is 5.96 Å². The molecule has 0 atom stereocenters. The number of hydrogen-bond donors (Lipinski definition) is 2. The first kappa shape index (κ1) is 21.6. The van der Waals surface area contributed by atoms with Gasteiger partial charge in [-0.15, -0.1) is 35.3 Å². The van der Waals surface area contributed by atoms with E-state index in [1.54, 1.807) is 0 Å². The molecule has 0 bridgehead atoms. The second-order valence-corrected chi connectivity index (χ2v) is 7.21. The molecule has 0 saturated carbocycles. The summed E-state index contributed by atoms with van der Waals surface area (Å²) in [7, 11) is 1.83. The van der Waals surface area contributed by atoms with Gasteiger partial charge >= 0.3 is 0 Å². The summed E-state index contributed by atoms with van der Waals surface area (Å²) in [6, 6.07) is 0. The lowest BCUT2D eigenvalue weighted by atomic mass is 10.3. The summed E-state index contributed by atoms with van der Waals surface area (Å²) in [6.45, 7) is 7.89. The maximum Gasteiger partial charge on any atom is 0.190 e. The highest BCUT2D eigenvalue weighted by atomic mass is 127. The molecule has 0 radical (unpaired) electrons. The van der Waals surface area contributed by atoms with Gasteiger partial charge in [-0.3, -0.25) is 4.99 Å². The number of likely N-dealkylation sites (tertiary alicyclic amines) is 1. The van der Waals surface area contributed by atoms with E-state index < -0.39 is 0 Å². The Kier molecular flexibility index (Phi) is 11.6. The number of aromatic nitrogens is 1. The fraction of sp³-hybridized carbons (Fsp3) is 0.765. The van der Waals surface area contributed by atoms with Crippen LogP contribution in [0.1, 0.15) is 42.5 Å².